The third kappa shape index (κ3) is 11.1. The Morgan fingerprint density at radius 2 is 1.14 bits per heavy atom. The highest BCUT2D eigenvalue weighted by Gasteiger charge is 2.32. The molecule has 0 atom stereocenters. The standard InChI is InChI=1S/C19H19Cl3FN3O2S2.C17H15Cl2FN2O3S2/c1-11-7-12(8-16(22)18(11)23)24-19(29)13-9-17(15(21)10-14(13)20)30(27,28)26-5-3-25(2)4-6-26;18-14-10-15(19)16(27(23,24)22-4-6-25-7-5-22)9-13(14)17(26)21-12-3-1-2-11(20)8-12/h7-10H,3-6H2,1-2H3,(H,24,29);1-3,8-10H,4-7H2,(H,21,26). The lowest BCUT2D eigenvalue weighted by atomic mass is 10.2. The van der Waals surface area contributed by atoms with E-state index in [2.05, 4.69) is 15.5 Å². The molecule has 10 nitrogen and oxygen atoms in total. The number of ether oxygens (including phenoxy) is 1. The van der Waals surface area contributed by atoms with Crippen LogP contribution in [-0.2, 0) is 24.8 Å². The lowest BCUT2D eigenvalue weighted by molar-refractivity contribution is 0.0730. The van der Waals surface area contributed by atoms with Crippen LogP contribution in [0.1, 0.15) is 16.7 Å². The molecule has 0 saturated carbocycles. The number of hydrogen-bond acceptors (Lipinski definition) is 8. The highest BCUT2D eigenvalue weighted by atomic mass is 35.5. The van der Waals surface area contributed by atoms with Crippen LogP contribution in [0.15, 0.2) is 70.5 Å². The van der Waals surface area contributed by atoms with Crippen molar-refractivity contribution in [2.45, 2.75) is 16.7 Å². The molecule has 4 aromatic rings. The van der Waals surface area contributed by atoms with Crippen LogP contribution in [0.25, 0.3) is 0 Å². The van der Waals surface area contributed by atoms with Gasteiger partial charge >= 0.3 is 0 Å². The van der Waals surface area contributed by atoms with Crippen molar-refractivity contribution in [3.05, 3.63) is 114 Å². The van der Waals surface area contributed by atoms with Crippen LogP contribution in [0.3, 0.4) is 0 Å². The lowest BCUT2D eigenvalue weighted by Gasteiger charge is -2.31. The maximum atomic E-state index is 13.8. The number of thiocarbonyl (C=S) groups is 2. The normalized spacial score (nSPS) is 15.7. The van der Waals surface area contributed by atoms with Crippen LogP contribution in [0.5, 0.6) is 0 Å². The second kappa shape index (κ2) is 19.4. The molecule has 0 aliphatic carbocycles. The van der Waals surface area contributed by atoms with E-state index in [1.54, 1.807) is 19.1 Å². The molecule has 2 aliphatic rings. The number of sulfonamides is 2. The zero-order valence-corrected chi connectivity index (χ0v) is 37.1. The van der Waals surface area contributed by atoms with Crippen molar-refractivity contribution in [1.29, 1.82) is 0 Å². The number of piperazine rings is 1. The summed E-state index contributed by atoms with van der Waals surface area (Å²) in [6.07, 6.45) is 0. The average Bonchev–Trinajstić information content (AvgIpc) is 3.14. The Kier molecular flexibility index (Phi) is 15.6. The lowest BCUT2D eigenvalue weighted by Crippen LogP contribution is -2.47. The number of anilines is 2. The number of likely N-dealkylation sites (N-methyl/N-ethyl adjacent to an activating group) is 1. The van der Waals surface area contributed by atoms with Gasteiger partial charge in [0.1, 0.15) is 31.4 Å². The van der Waals surface area contributed by atoms with Crippen molar-refractivity contribution in [3.63, 3.8) is 0 Å². The van der Waals surface area contributed by atoms with Gasteiger partial charge in [0.2, 0.25) is 20.0 Å². The fraction of sp³-hybridized carbons (Fsp3) is 0.278. The van der Waals surface area contributed by atoms with Gasteiger partial charge in [0, 0.05) is 61.8 Å². The van der Waals surface area contributed by atoms with Crippen molar-refractivity contribution in [1.82, 2.24) is 13.5 Å². The predicted octanol–water partition coefficient (Wildman–Crippen LogP) is 8.76. The van der Waals surface area contributed by atoms with E-state index in [1.807, 2.05) is 7.05 Å². The van der Waals surface area contributed by atoms with Crippen LogP contribution in [0, 0.1) is 18.6 Å². The molecule has 2 heterocycles. The molecule has 2 N–H and O–H groups in total. The number of halogens is 7. The molecule has 0 amide bonds. The van der Waals surface area contributed by atoms with Crippen molar-refractivity contribution < 1.29 is 30.4 Å². The van der Waals surface area contributed by atoms with Gasteiger partial charge in [-0.2, -0.15) is 8.61 Å². The third-order valence-electron chi connectivity index (χ3n) is 8.75. The van der Waals surface area contributed by atoms with E-state index in [0.29, 0.717) is 61.9 Å². The van der Waals surface area contributed by atoms with Crippen LogP contribution in [0.4, 0.5) is 20.2 Å². The quantitative estimate of drug-likeness (QED) is 0.167. The molecule has 306 valence electrons. The predicted molar refractivity (Wildman–Crippen MR) is 232 cm³/mol. The zero-order valence-electron chi connectivity index (χ0n) is 30.1. The number of nitrogens with zero attached hydrogens (tertiary/aromatic N) is 3. The van der Waals surface area contributed by atoms with E-state index in [-0.39, 0.29) is 63.5 Å². The van der Waals surface area contributed by atoms with E-state index < -0.39 is 31.7 Å². The largest absolute Gasteiger partial charge is 0.379 e. The molecule has 2 fully saturated rings. The number of morpholine rings is 1. The SMILES string of the molecule is Cc1cc(NC(=S)c2cc(S(=O)(=O)N3CCN(C)CC3)c(Cl)cc2Cl)cc(Cl)c1F.O=S(=O)(c1cc(C(=S)Nc2cccc(F)c2)c(Cl)cc1Cl)N1CCOCC1. The molecule has 57 heavy (non-hydrogen) atoms. The third-order valence-corrected chi connectivity index (χ3v) is 15.0. The molecular formula is C36H34Cl5F2N5O5S4. The van der Waals surface area contributed by atoms with Gasteiger partial charge in [-0.1, -0.05) is 88.5 Å². The number of nitrogens with one attached hydrogen (secondary N) is 2. The number of aryl methyl sites for hydroxylation is 1. The van der Waals surface area contributed by atoms with E-state index in [9.17, 15) is 25.6 Å². The summed E-state index contributed by atoms with van der Waals surface area (Å²) < 4.78 is 87.2. The highest BCUT2D eigenvalue weighted by molar-refractivity contribution is 7.89. The highest BCUT2D eigenvalue weighted by Crippen LogP contribution is 2.34. The monoisotopic (exact) mass is 957 g/mol. The molecular weight excluding hydrogens is 926 g/mol. The molecule has 2 aliphatic heterocycles. The minimum absolute atomic E-state index is 0.00352. The molecule has 4 aromatic carbocycles. The zero-order chi connectivity index (χ0) is 41.8. The Morgan fingerprint density at radius 1 is 0.649 bits per heavy atom. The first-order valence-electron chi connectivity index (χ1n) is 16.9. The Balaban J connectivity index is 0.000000219. The summed E-state index contributed by atoms with van der Waals surface area (Å²) >= 11 is 41.5. The Morgan fingerprint density at radius 3 is 1.63 bits per heavy atom. The van der Waals surface area contributed by atoms with Crippen molar-refractivity contribution in [2.75, 3.05) is 70.2 Å². The average molecular weight is 960 g/mol. The van der Waals surface area contributed by atoms with Crippen molar-refractivity contribution in [3.8, 4) is 0 Å². The summed E-state index contributed by atoms with van der Waals surface area (Å²) in [5, 5.41) is 6.13. The van der Waals surface area contributed by atoms with Crippen LogP contribution in [0.2, 0.25) is 25.1 Å². The second-order valence-corrected chi connectivity index (χ2v) is 19.4. The first kappa shape index (κ1) is 45.8. The molecule has 0 radical (unpaired) electrons. The number of benzene rings is 4. The summed E-state index contributed by atoms with van der Waals surface area (Å²) in [7, 11) is -5.72. The molecule has 21 heteroatoms. The smallest absolute Gasteiger partial charge is 0.244 e. The first-order chi connectivity index (χ1) is 26.8. The summed E-state index contributed by atoms with van der Waals surface area (Å²) in [6, 6.07) is 14.1. The fourth-order valence-electron chi connectivity index (χ4n) is 5.66. The summed E-state index contributed by atoms with van der Waals surface area (Å²) in [4.78, 5) is 2.21. The van der Waals surface area contributed by atoms with Crippen molar-refractivity contribution in [2.24, 2.45) is 0 Å². The molecule has 0 unspecified atom stereocenters. The van der Waals surface area contributed by atoms with Crippen molar-refractivity contribution >= 4 is 124 Å². The summed E-state index contributed by atoms with van der Waals surface area (Å²) in [5.74, 6) is -0.946. The molecule has 0 bridgehead atoms. The fourth-order valence-corrected chi connectivity index (χ4v) is 11.1. The van der Waals surface area contributed by atoms with Gasteiger partial charge in [-0.15, -0.1) is 0 Å². The van der Waals surface area contributed by atoms with Gasteiger partial charge in [-0.25, -0.2) is 25.6 Å². The van der Waals surface area contributed by atoms with E-state index in [1.165, 1.54) is 57.1 Å². The molecule has 0 spiro atoms. The maximum Gasteiger partial charge on any atom is 0.244 e. The Labute approximate surface area is 366 Å². The van der Waals surface area contributed by atoms with Crippen LogP contribution in [-0.4, -0.2) is 99.9 Å². The Bertz CT molecular complexity index is 2400. The van der Waals surface area contributed by atoms with E-state index in [4.69, 9.17) is 87.2 Å². The molecule has 2 saturated heterocycles. The topological polar surface area (TPSA) is 111 Å². The molecule has 6 rings (SSSR count). The van der Waals surface area contributed by atoms with Gasteiger partial charge in [0.05, 0.1) is 38.3 Å². The van der Waals surface area contributed by atoms with Gasteiger partial charge in [-0.3, -0.25) is 0 Å². The van der Waals surface area contributed by atoms with Gasteiger partial charge in [-0.05, 0) is 74.1 Å². The van der Waals surface area contributed by atoms with Crippen LogP contribution >= 0.6 is 82.4 Å². The van der Waals surface area contributed by atoms with Gasteiger partial charge in [0.15, 0.2) is 0 Å². The minimum atomic E-state index is -3.83. The molecule has 0 aromatic heterocycles. The van der Waals surface area contributed by atoms with Gasteiger partial charge < -0.3 is 20.3 Å². The number of hydrogen-bond donors (Lipinski definition) is 2. The van der Waals surface area contributed by atoms with E-state index in [0.717, 1.165) is 0 Å². The van der Waals surface area contributed by atoms with Gasteiger partial charge in [0.25, 0.3) is 0 Å². The minimum Gasteiger partial charge on any atom is -0.379 e. The second-order valence-electron chi connectivity index (χ2n) is 12.8. The summed E-state index contributed by atoms with van der Waals surface area (Å²) in [6.45, 7) is 4.67. The number of rotatable bonds is 8. The first-order valence-corrected chi connectivity index (χ1v) is 22.5. The summed E-state index contributed by atoms with van der Waals surface area (Å²) in [5.41, 5.74) is 1.80. The van der Waals surface area contributed by atoms with Crippen LogP contribution < -0.4 is 10.6 Å². The van der Waals surface area contributed by atoms with E-state index >= 15 is 0 Å². The maximum absolute atomic E-state index is 13.8. The Hall–Kier alpha value is -2.29.